The van der Waals surface area contributed by atoms with Crippen molar-refractivity contribution in [2.75, 3.05) is 5.32 Å². The van der Waals surface area contributed by atoms with Crippen molar-refractivity contribution in [1.29, 1.82) is 0 Å². The predicted molar refractivity (Wildman–Crippen MR) is 112 cm³/mol. The number of halogens is 1. The van der Waals surface area contributed by atoms with Crippen molar-refractivity contribution in [3.8, 4) is 11.5 Å². The number of furan rings is 1. The van der Waals surface area contributed by atoms with Gasteiger partial charge in [-0.1, -0.05) is 43.5 Å². The smallest absolute Gasteiger partial charge is 0.261 e. The van der Waals surface area contributed by atoms with E-state index in [0.717, 1.165) is 25.0 Å². The van der Waals surface area contributed by atoms with E-state index in [4.69, 9.17) is 16.0 Å². The maximum absolute atomic E-state index is 13.1. The predicted octanol–water partition coefficient (Wildman–Crippen LogP) is 5.51. The van der Waals surface area contributed by atoms with E-state index in [1.54, 1.807) is 36.4 Å². The minimum Gasteiger partial charge on any atom is -0.463 e. The van der Waals surface area contributed by atoms with Crippen LogP contribution in [0.3, 0.4) is 0 Å². The normalized spacial score (nSPS) is 10.8. The van der Waals surface area contributed by atoms with Gasteiger partial charge in [-0.25, -0.2) is 0 Å². The summed E-state index contributed by atoms with van der Waals surface area (Å²) in [6.07, 6.45) is 4.62. The average molecular weight is 399 g/mol. The van der Waals surface area contributed by atoms with Crippen molar-refractivity contribution in [3.05, 3.63) is 75.2 Å². The number of carbonyl (C=O) groups is 1. The first kappa shape index (κ1) is 20.0. The number of para-hydroxylation sites is 1. The van der Waals surface area contributed by atoms with E-state index < -0.39 is 5.91 Å². The number of hydrogen-bond acceptors (Lipinski definition) is 3. The van der Waals surface area contributed by atoms with Gasteiger partial charge in [0.05, 0.1) is 17.0 Å². The van der Waals surface area contributed by atoms with Gasteiger partial charge in [0.2, 0.25) is 0 Å². The van der Waals surface area contributed by atoms with Crippen LogP contribution in [0.1, 0.15) is 42.2 Å². The van der Waals surface area contributed by atoms with Crippen LogP contribution in [-0.4, -0.2) is 10.5 Å². The van der Waals surface area contributed by atoms with Gasteiger partial charge in [0.15, 0.2) is 11.2 Å². The molecule has 0 spiro atoms. The van der Waals surface area contributed by atoms with Gasteiger partial charge in [-0.05, 0) is 37.6 Å². The average Bonchev–Trinajstić information content (AvgIpc) is 3.19. The number of carbonyl (C=O) groups excluding carboxylic acids is 1. The molecule has 146 valence electrons. The number of amides is 1. The third kappa shape index (κ3) is 4.20. The molecule has 6 heteroatoms. The summed E-state index contributed by atoms with van der Waals surface area (Å²) in [4.78, 5) is 25.9. The van der Waals surface area contributed by atoms with Gasteiger partial charge in [-0.2, -0.15) is 0 Å². The van der Waals surface area contributed by atoms with Crippen molar-refractivity contribution in [3.63, 3.8) is 0 Å². The summed E-state index contributed by atoms with van der Waals surface area (Å²) in [6.45, 7) is 4.70. The van der Waals surface area contributed by atoms with E-state index >= 15 is 0 Å². The number of nitrogens with zero attached hydrogens (tertiary/aromatic N) is 1. The second kappa shape index (κ2) is 8.93. The second-order valence-electron chi connectivity index (χ2n) is 6.64. The Balaban J connectivity index is 2.11. The lowest BCUT2D eigenvalue weighted by Gasteiger charge is -2.19. The first-order chi connectivity index (χ1) is 13.5. The van der Waals surface area contributed by atoms with Gasteiger partial charge in [0.1, 0.15) is 11.3 Å². The zero-order valence-corrected chi connectivity index (χ0v) is 16.8. The third-order valence-corrected chi connectivity index (χ3v) is 4.94. The Morgan fingerprint density at radius 1 is 1.18 bits per heavy atom. The zero-order valence-electron chi connectivity index (χ0n) is 16.0. The number of benzene rings is 1. The summed E-state index contributed by atoms with van der Waals surface area (Å²) in [5.41, 5.74) is 1.45. The SMILES string of the molecule is CCCCCn1c(C)cc(=O)c(C(=O)Nc2ccccc2Cl)c1-c1ccco1. The molecule has 0 bridgehead atoms. The molecule has 0 aliphatic rings. The summed E-state index contributed by atoms with van der Waals surface area (Å²) < 4.78 is 7.56. The molecule has 1 N–H and O–H groups in total. The molecule has 0 aliphatic heterocycles. The van der Waals surface area contributed by atoms with E-state index in [1.165, 1.54) is 12.3 Å². The Kier molecular flexibility index (Phi) is 6.37. The van der Waals surface area contributed by atoms with Gasteiger partial charge >= 0.3 is 0 Å². The number of nitrogens with one attached hydrogen (secondary N) is 1. The first-order valence-electron chi connectivity index (χ1n) is 9.37. The van der Waals surface area contributed by atoms with E-state index in [-0.39, 0.29) is 11.0 Å². The lowest BCUT2D eigenvalue weighted by molar-refractivity contribution is 0.102. The lowest BCUT2D eigenvalue weighted by atomic mass is 10.1. The Morgan fingerprint density at radius 3 is 2.64 bits per heavy atom. The number of aromatic nitrogens is 1. The van der Waals surface area contributed by atoms with Crippen LogP contribution < -0.4 is 10.7 Å². The van der Waals surface area contributed by atoms with Crippen LogP contribution in [-0.2, 0) is 6.54 Å². The van der Waals surface area contributed by atoms with Crippen LogP contribution >= 0.6 is 11.6 Å². The van der Waals surface area contributed by atoms with Crippen molar-refractivity contribution < 1.29 is 9.21 Å². The van der Waals surface area contributed by atoms with Crippen LogP contribution in [0.15, 0.2) is 57.9 Å². The molecular formula is C22H23ClN2O3. The summed E-state index contributed by atoms with van der Waals surface area (Å²) in [7, 11) is 0. The van der Waals surface area contributed by atoms with E-state index in [0.29, 0.717) is 28.7 Å². The van der Waals surface area contributed by atoms with Gasteiger partial charge in [0, 0.05) is 18.3 Å². The Bertz CT molecular complexity index is 1020. The van der Waals surface area contributed by atoms with E-state index in [9.17, 15) is 9.59 Å². The highest BCUT2D eigenvalue weighted by atomic mass is 35.5. The molecule has 0 unspecified atom stereocenters. The molecule has 28 heavy (non-hydrogen) atoms. The van der Waals surface area contributed by atoms with Crippen LogP contribution in [0.4, 0.5) is 5.69 Å². The quantitative estimate of drug-likeness (QED) is 0.533. The number of hydrogen-bond donors (Lipinski definition) is 1. The van der Waals surface area contributed by atoms with E-state index in [2.05, 4.69) is 12.2 Å². The number of pyridine rings is 1. The molecule has 0 atom stereocenters. The maximum atomic E-state index is 13.1. The van der Waals surface area contributed by atoms with Crippen molar-refractivity contribution in [1.82, 2.24) is 4.57 Å². The molecule has 3 aromatic rings. The molecule has 0 saturated carbocycles. The number of aryl methyl sites for hydroxylation is 1. The van der Waals surface area contributed by atoms with Crippen LogP contribution in [0.25, 0.3) is 11.5 Å². The fraction of sp³-hybridized carbons (Fsp3) is 0.273. The summed E-state index contributed by atoms with van der Waals surface area (Å²) in [5.74, 6) is -0.0182. The Hall–Kier alpha value is -2.79. The first-order valence-corrected chi connectivity index (χ1v) is 9.75. The molecule has 0 aliphatic carbocycles. The Morgan fingerprint density at radius 2 is 1.96 bits per heavy atom. The number of rotatable bonds is 7. The monoisotopic (exact) mass is 398 g/mol. The molecule has 1 amide bonds. The molecule has 1 aromatic carbocycles. The highest BCUT2D eigenvalue weighted by Crippen LogP contribution is 2.27. The lowest BCUT2D eigenvalue weighted by Crippen LogP contribution is -2.26. The summed E-state index contributed by atoms with van der Waals surface area (Å²) >= 11 is 6.16. The van der Waals surface area contributed by atoms with Gasteiger partial charge in [-0.3, -0.25) is 9.59 Å². The molecule has 3 rings (SSSR count). The van der Waals surface area contributed by atoms with Gasteiger partial charge in [0.25, 0.3) is 5.91 Å². The van der Waals surface area contributed by atoms with Gasteiger partial charge < -0.3 is 14.3 Å². The molecular weight excluding hydrogens is 376 g/mol. The minimum absolute atomic E-state index is 0.0527. The van der Waals surface area contributed by atoms with Crippen LogP contribution in [0.2, 0.25) is 5.02 Å². The Labute approximate surface area is 169 Å². The third-order valence-electron chi connectivity index (χ3n) is 4.61. The summed E-state index contributed by atoms with van der Waals surface area (Å²) in [5, 5.41) is 3.17. The number of unbranched alkanes of at least 4 members (excludes halogenated alkanes) is 2. The van der Waals surface area contributed by atoms with Crippen LogP contribution in [0.5, 0.6) is 0 Å². The standard InChI is InChI=1S/C22H23ClN2O3/c1-3-4-7-12-25-15(2)14-18(26)20(21(25)19-11-8-13-28-19)22(27)24-17-10-6-5-9-16(17)23/h5-6,8-11,13-14H,3-4,7,12H2,1-2H3,(H,24,27). The van der Waals surface area contributed by atoms with Gasteiger partial charge in [-0.15, -0.1) is 0 Å². The fourth-order valence-electron chi connectivity index (χ4n) is 3.21. The molecule has 5 nitrogen and oxygen atoms in total. The van der Waals surface area contributed by atoms with Crippen molar-refractivity contribution in [2.24, 2.45) is 0 Å². The molecule has 0 radical (unpaired) electrons. The molecule has 0 fully saturated rings. The minimum atomic E-state index is -0.506. The summed E-state index contributed by atoms with van der Waals surface area (Å²) in [6, 6.07) is 11.9. The second-order valence-corrected chi connectivity index (χ2v) is 7.05. The highest BCUT2D eigenvalue weighted by molar-refractivity contribution is 6.34. The molecule has 0 saturated heterocycles. The maximum Gasteiger partial charge on any atom is 0.261 e. The van der Waals surface area contributed by atoms with Crippen LogP contribution in [0, 0.1) is 6.92 Å². The van der Waals surface area contributed by atoms with Crippen molar-refractivity contribution >= 4 is 23.2 Å². The van der Waals surface area contributed by atoms with Crippen molar-refractivity contribution in [2.45, 2.75) is 39.7 Å². The zero-order chi connectivity index (χ0) is 20.1. The number of anilines is 1. The fourth-order valence-corrected chi connectivity index (χ4v) is 3.40. The molecule has 2 aromatic heterocycles. The largest absolute Gasteiger partial charge is 0.463 e. The molecule has 2 heterocycles. The highest BCUT2D eigenvalue weighted by Gasteiger charge is 2.23. The van der Waals surface area contributed by atoms with E-state index in [1.807, 2.05) is 11.5 Å². The topological polar surface area (TPSA) is 64.2 Å².